The molecule has 0 radical (unpaired) electrons. The highest BCUT2D eigenvalue weighted by Gasteiger charge is 2.06. The predicted molar refractivity (Wildman–Crippen MR) is 45.6 cm³/mol. The van der Waals surface area contributed by atoms with Gasteiger partial charge in [-0.15, -0.1) is 0 Å². The minimum absolute atomic E-state index is 0.000602. The molecule has 1 heterocycles. The van der Waals surface area contributed by atoms with Crippen LogP contribution in [0.4, 0.5) is 0 Å². The first-order valence-corrected chi connectivity index (χ1v) is 3.91. The third-order valence-electron chi connectivity index (χ3n) is 1.42. The van der Waals surface area contributed by atoms with Gasteiger partial charge in [0, 0.05) is 10.7 Å². The van der Waals surface area contributed by atoms with Crippen LogP contribution in [0.2, 0.25) is 5.02 Å². The van der Waals surface area contributed by atoms with Gasteiger partial charge in [-0.1, -0.05) is 18.5 Å². The van der Waals surface area contributed by atoms with Crippen LogP contribution in [0.5, 0.6) is 0 Å². The van der Waals surface area contributed by atoms with E-state index < -0.39 is 5.97 Å². The van der Waals surface area contributed by atoms with Crippen LogP contribution < -0.4 is 0 Å². The lowest BCUT2D eigenvalue weighted by Crippen LogP contribution is -2.02. The maximum Gasteiger partial charge on any atom is 0.354 e. The van der Waals surface area contributed by atoms with Gasteiger partial charge in [0.25, 0.3) is 0 Å². The van der Waals surface area contributed by atoms with E-state index in [1.54, 1.807) is 6.07 Å². The molecular weight excluding hydrogens is 178 g/mol. The Hall–Kier alpha value is -1.09. The van der Waals surface area contributed by atoms with Gasteiger partial charge in [-0.3, -0.25) is 0 Å². The van der Waals surface area contributed by atoms with Crippen molar-refractivity contribution >= 4 is 17.6 Å². The molecule has 0 aromatic carbocycles. The number of carbonyl (C=O) groups is 1. The van der Waals surface area contributed by atoms with E-state index in [0.29, 0.717) is 17.1 Å². The molecule has 1 aromatic rings. The normalized spacial score (nSPS) is 9.83. The first kappa shape index (κ1) is 9.00. The van der Waals surface area contributed by atoms with Crippen molar-refractivity contribution < 1.29 is 9.90 Å². The number of carboxylic acids is 1. The number of nitrogens with zero attached hydrogens (tertiary/aromatic N) is 1. The van der Waals surface area contributed by atoms with E-state index in [9.17, 15) is 4.79 Å². The zero-order valence-electron chi connectivity index (χ0n) is 6.54. The van der Waals surface area contributed by atoms with Crippen LogP contribution in [-0.2, 0) is 6.42 Å². The van der Waals surface area contributed by atoms with Crippen LogP contribution in [0, 0.1) is 0 Å². The smallest absolute Gasteiger partial charge is 0.354 e. The molecule has 0 saturated heterocycles. The third kappa shape index (κ3) is 1.95. The average Bonchev–Trinajstić information content (AvgIpc) is 2.03. The van der Waals surface area contributed by atoms with E-state index in [1.165, 1.54) is 6.07 Å². The number of aryl methyl sites for hydroxylation is 1. The summed E-state index contributed by atoms with van der Waals surface area (Å²) in [6.07, 6.45) is 0.681. The van der Waals surface area contributed by atoms with Crippen LogP contribution in [0.1, 0.15) is 23.1 Å². The van der Waals surface area contributed by atoms with E-state index in [1.807, 2.05) is 6.92 Å². The Bertz CT molecular complexity index is 312. The molecule has 0 fully saturated rings. The maximum absolute atomic E-state index is 10.5. The summed E-state index contributed by atoms with van der Waals surface area (Å²) in [7, 11) is 0. The first-order chi connectivity index (χ1) is 5.63. The van der Waals surface area contributed by atoms with Gasteiger partial charge in [0.05, 0.1) is 0 Å². The number of carboxylic acid groups (broad SMARTS) is 1. The summed E-state index contributed by atoms with van der Waals surface area (Å²) in [5.41, 5.74) is 0.694. The Morgan fingerprint density at radius 3 is 2.83 bits per heavy atom. The summed E-state index contributed by atoms with van der Waals surface area (Å²) >= 11 is 5.67. The van der Waals surface area contributed by atoms with Crippen LogP contribution in [0.15, 0.2) is 12.1 Å². The Morgan fingerprint density at radius 1 is 1.67 bits per heavy atom. The highest BCUT2D eigenvalue weighted by molar-refractivity contribution is 6.30. The lowest BCUT2D eigenvalue weighted by Gasteiger charge is -1.99. The molecule has 0 bridgehead atoms. The monoisotopic (exact) mass is 185 g/mol. The highest BCUT2D eigenvalue weighted by Crippen LogP contribution is 2.12. The molecule has 0 unspecified atom stereocenters. The summed E-state index contributed by atoms with van der Waals surface area (Å²) in [6, 6.07) is 3.00. The molecule has 1 N–H and O–H groups in total. The van der Waals surface area contributed by atoms with Gasteiger partial charge in [-0.2, -0.15) is 0 Å². The van der Waals surface area contributed by atoms with E-state index in [0.717, 1.165) is 0 Å². The molecule has 0 aliphatic carbocycles. The lowest BCUT2D eigenvalue weighted by atomic mass is 10.2. The average molecular weight is 186 g/mol. The van der Waals surface area contributed by atoms with Gasteiger partial charge in [-0.05, 0) is 18.6 Å². The molecule has 0 aliphatic rings. The van der Waals surface area contributed by atoms with Gasteiger partial charge < -0.3 is 5.11 Å². The zero-order valence-corrected chi connectivity index (χ0v) is 7.30. The highest BCUT2D eigenvalue weighted by atomic mass is 35.5. The SMILES string of the molecule is CCc1cc(Cl)cc(C(=O)O)n1. The fourth-order valence-corrected chi connectivity index (χ4v) is 1.07. The molecule has 0 aliphatic heterocycles. The molecule has 1 rings (SSSR count). The van der Waals surface area contributed by atoms with Crippen molar-refractivity contribution in [1.29, 1.82) is 0 Å². The predicted octanol–water partition coefficient (Wildman–Crippen LogP) is 2.00. The summed E-state index contributed by atoms with van der Waals surface area (Å²) in [6.45, 7) is 1.89. The molecule has 0 spiro atoms. The molecule has 3 nitrogen and oxygen atoms in total. The largest absolute Gasteiger partial charge is 0.477 e. The van der Waals surface area contributed by atoms with Crippen LogP contribution >= 0.6 is 11.6 Å². The van der Waals surface area contributed by atoms with Gasteiger partial charge in [0.1, 0.15) is 5.69 Å². The number of halogens is 1. The second-order valence-corrected chi connectivity index (χ2v) is 2.76. The number of rotatable bonds is 2. The van der Waals surface area contributed by atoms with Crippen LogP contribution in [-0.4, -0.2) is 16.1 Å². The van der Waals surface area contributed by atoms with Crippen molar-refractivity contribution in [3.05, 3.63) is 28.5 Å². The minimum atomic E-state index is -1.05. The number of pyridine rings is 1. The minimum Gasteiger partial charge on any atom is -0.477 e. The fraction of sp³-hybridized carbons (Fsp3) is 0.250. The third-order valence-corrected chi connectivity index (χ3v) is 1.64. The standard InChI is InChI=1S/C8H8ClNO2/c1-2-6-3-5(9)4-7(10-6)8(11)12/h3-4H,2H2,1H3,(H,11,12). The topological polar surface area (TPSA) is 50.2 Å². The summed E-state index contributed by atoms with van der Waals surface area (Å²) in [5, 5.41) is 9.02. The zero-order chi connectivity index (χ0) is 9.14. The molecule has 12 heavy (non-hydrogen) atoms. The molecule has 64 valence electrons. The summed E-state index contributed by atoms with van der Waals surface area (Å²) in [5.74, 6) is -1.05. The van der Waals surface area contributed by atoms with Gasteiger partial charge in [0.15, 0.2) is 0 Å². The Morgan fingerprint density at radius 2 is 2.33 bits per heavy atom. The number of aromatic nitrogens is 1. The first-order valence-electron chi connectivity index (χ1n) is 3.53. The fourth-order valence-electron chi connectivity index (χ4n) is 0.841. The van der Waals surface area contributed by atoms with Crippen molar-refractivity contribution in [2.75, 3.05) is 0 Å². The lowest BCUT2D eigenvalue weighted by molar-refractivity contribution is 0.0690. The van der Waals surface area contributed by atoms with Crippen molar-refractivity contribution in [2.24, 2.45) is 0 Å². The molecule has 1 aromatic heterocycles. The molecule has 0 atom stereocenters. The Labute approximate surface area is 75.0 Å². The maximum atomic E-state index is 10.5. The number of aromatic carboxylic acids is 1. The van der Waals surface area contributed by atoms with Crippen molar-refractivity contribution in [2.45, 2.75) is 13.3 Å². The quantitative estimate of drug-likeness (QED) is 0.767. The summed E-state index contributed by atoms with van der Waals surface area (Å²) in [4.78, 5) is 14.4. The Kier molecular flexibility index (Phi) is 2.65. The Balaban J connectivity index is 3.15. The van der Waals surface area contributed by atoms with Crippen molar-refractivity contribution in [3.8, 4) is 0 Å². The second kappa shape index (κ2) is 3.54. The van der Waals surface area contributed by atoms with E-state index in [-0.39, 0.29) is 5.69 Å². The van der Waals surface area contributed by atoms with Gasteiger partial charge in [0.2, 0.25) is 0 Å². The van der Waals surface area contributed by atoms with Crippen molar-refractivity contribution in [1.82, 2.24) is 4.98 Å². The number of hydrogen-bond acceptors (Lipinski definition) is 2. The molecular formula is C8H8ClNO2. The van der Waals surface area contributed by atoms with Crippen molar-refractivity contribution in [3.63, 3.8) is 0 Å². The van der Waals surface area contributed by atoms with E-state index in [2.05, 4.69) is 4.98 Å². The van der Waals surface area contributed by atoms with E-state index in [4.69, 9.17) is 16.7 Å². The van der Waals surface area contributed by atoms with Crippen LogP contribution in [0.3, 0.4) is 0 Å². The van der Waals surface area contributed by atoms with Gasteiger partial charge in [-0.25, -0.2) is 9.78 Å². The molecule has 0 amide bonds. The van der Waals surface area contributed by atoms with E-state index >= 15 is 0 Å². The summed E-state index contributed by atoms with van der Waals surface area (Å²) < 4.78 is 0. The second-order valence-electron chi connectivity index (χ2n) is 2.32. The molecule has 0 saturated carbocycles. The van der Waals surface area contributed by atoms with Gasteiger partial charge >= 0.3 is 5.97 Å². The van der Waals surface area contributed by atoms with Crippen LogP contribution in [0.25, 0.3) is 0 Å². The molecule has 4 heteroatoms. The number of hydrogen-bond donors (Lipinski definition) is 1.